The van der Waals surface area contributed by atoms with Crippen molar-refractivity contribution in [1.29, 1.82) is 0 Å². The summed E-state index contributed by atoms with van der Waals surface area (Å²) in [4.78, 5) is 34.4. The van der Waals surface area contributed by atoms with Crippen LogP contribution in [0.2, 0.25) is 0 Å². The fourth-order valence-corrected chi connectivity index (χ4v) is 3.61. The van der Waals surface area contributed by atoms with Crippen molar-refractivity contribution in [2.24, 2.45) is 4.99 Å². The van der Waals surface area contributed by atoms with Gasteiger partial charge in [-0.1, -0.05) is 30.3 Å². The van der Waals surface area contributed by atoms with Crippen LogP contribution in [-0.2, 0) is 11.3 Å². The summed E-state index contributed by atoms with van der Waals surface area (Å²) in [5.41, 5.74) is 3.01. The zero-order valence-corrected chi connectivity index (χ0v) is 16.2. The number of aliphatic imine (C=N–C) groups is 1. The Hall–Kier alpha value is -3.54. The average molecular weight is 388 g/mol. The largest absolute Gasteiger partial charge is 0.462 e. The molecule has 1 atom stereocenters. The highest BCUT2D eigenvalue weighted by Gasteiger charge is 2.39. The van der Waals surface area contributed by atoms with Crippen LogP contribution >= 0.6 is 0 Å². The molecule has 146 valence electrons. The van der Waals surface area contributed by atoms with E-state index in [0.29, 0.717) is 40.3 Å². The van der Waals surface area contributed by atoms with Crippen molar-refractivity contribution in [3.63, 3.8) is 0 Å². The molecule has 0 unspecified atom stereocenters. The number of ether oxygens (including phenoxy) is 1. The van der Waals surface area contributed by atoms with Gasteiger partial charge in [-0.25, -0.2) is 4.79 Å². The van der Waals surface area contributed by atoms with E-state index in [1.165, 1.54) is 0 Å². The monoisotopic (exact) mass is 388 g/mol. The molecule has 6 heteroatoms. The van der Waals surface area contributed by atoms with E-state index < -0.39 is 11.9 Å². The van der Waals surface area contributed by atoms with Gasteiger partial charge in [-0.2, -0.15) is 0 Å². The molecule has 3 aromatic rings. The van der Waals surface area contributed by atoms with Crippen molar-refractivity contribution in [3.8, 4) is 11.3 Å². The number of hydrogen-bond acceptors (Lipinski definition) is 6. The number of nitrogens with zero attached hydrogens (tertiary/aromatic N) is 2. The summed E-state index contributed by atoms with van der Waals surface area (Å²) in [7, 11) is 0. The summed E-state index contributed by atoms with van der Waals surface area (Å²) in [6.45, 7) is 4.08. The number of esters is 1. The third-order valence-electron chi connectivity index (χ3n) is 4.88. The number of carbonyl (C=O) groups excluding carboxylic acids is 2. The van der Waals surface area contributed by atoms with Gasteiger partial charge in [-0.3, -0.25) is 14.8 Å². The van der Waals surface area contributed by atoms with Gasteiger partial charge < -0.3 is 9.15 Å². The Morgan fingerprint density at radius 2 is 2.03 bits per heavy atom. The maximum absolute atomic E-state index is 13.3. The summed E-state index contributed by atoms with van der Waals surface area (Å²) < 4.78 is 11.2. The van der Waals surface area contributed by atoms with Crippen LogP contribution in [0.5, 0.6) is 0 Å². The van der Waals surface area contributed by atoms with E-state index >= 15 is 0 Å². The molecule has 0 fully saturated rings. The highest BCUT2D eigenvalue weighted by atomic mass is 16.5. The maximum atomic E-state index is 13.3. The molecular weight excluding hydrogens is 368 g/mol. The average Bonchev–Trinajstić information content (AvgIpc) is 3.08. The number of ketones is 1. The Kier molecular flexibility index (Phi) is 5.08. The second-order valence-corrected chi connectivity index (χ2v) is 6.74. The van der Waals surface area contributed by atoms with E-state index in [1.807, 2.05) is 30.3 Å². The molecule has 2 heterocycles. The van der Waals surface area contributed by atoms with Crippen LogP contribution in [0.4, 0.5) is 0 Å². The van der Waals surface area contributed by atoms with Gasteiger partial charge in [0, 0.05) is 35.3 Å². The Balaban J connectivity index is 1.80. The molecular formula is C23H20N2O4. The highest BCUT2D eigenvalue weighted by Crippen LogP contribution is 2.43. The molecule has 1 aliphatic rings. The minimum absolute atomic E-state index is 0.116. The molecule has 2 aromatic heterocycles. The molecule has 29 heavy (non-hydrogen) atoms. The molecule has 0 aliphatic heterocycles. The first-order valence-electron chi connectivity index (χ1n) is 9.44. The van der Waals surface area contributed by atoms with E-state index in [2.05, 4.69) is 9.98 Å². The van der Waals surface area contributed by atoms with Gasteiger partial charge in [0.2, 0.25) is 0 Å². The molecule has 0 saturated carbocycles. The number of aryl methyl sites for hydroxylation is 1. The quantitative estimate of drug-likeness (QED) is 0.479. The Morgan fingerprint density at radius 1 is 1.24 bits per heavy atom. The minimum atomic E-state index is -0.714. The number of rotatable bonds is 5. The van der Waals surface area contributed by atoms with Crippen molar-refractivity contribution < 1.29 is 18.7 Å². The van der Waals surface area contributed by atoms with Crippen LogP contribution in [0, 0.1) is 6.92 Å². The third kappa shape index (κ3) is 3.38. The number of benzene rings is 1. The first-order chi connectivity index (χ1) is 14.1. The lowest BCUT2D eigenvalue weighted by atomic mass is 9.80. The summed E-state index contributed by atoms with van der Waals surface area (Å²) >= 11 is 0. The Morgan fingerprint density at radius 3 is 2.76 bits per heavy atom. The maximum Gasteiger partial charge on any atom is 0.342 e. The molecule has 0 spiro atoms. The Labute approximate surface area is 168 Å². The first kappa shape index (κ1) is 18.8. The van der Waals surface area contributed by atoms with Crippen molar-refractivity contribution in [2.45, 2.75) is 26.3 Å². The van der Waals surface area contributed by atoms with Crippen molar-refractivity contribution in [1.82, 2.24) is 4.98 Å². The van der Waals surface area contributed by atoms with E-state index in [1.54, 1.807) is 38.5 Å². The molecule has 4 rings (SSSR count). The predicted molar refractivity (Wildman–Crippen MR) is 108 cm³/mol. The molecule has 0 amide bonds. The summed E-state index contributed by atoms with van der Waals surface area (Å²) in [6.07, 6.45) is 5.02. The summed E-state index contributed by atoms with van der Waals surface area (Å²) in [5.74, 6) is -0.363. The molecule has 6 nitrogen and oxygen atoms in total. The van der Waals surface area contributed by atoms with Gasteiger partial charge in [0.25, 0.3) is 0 Å². The van der Waals surface area contributed by atoms with Crippen LogP contribution in [0.3, 0.4) is 0 Å². The van der Waals surface area contributed by atoms with Gasteiger partial charge in [-0.15, -0.1) is 0 Å². The molecule has 0 radical (unpaired) electrons. The number of aromatic nitrogens is 1. The second-order valence-electron chi connectivity index (χ2n) is 6.74. The predicted octanol–water partition coefficient (Wildman–Crippen LogP) is 4.38. The number of fused-ring (bicyclic) bond motifs is 3. The number of Topliss-reactive ketones (excluding diaryl/α,β-unsaturated/α-hetero) is 1. The van der Waals surface area contributed by atoms with Gasteiger partial charge in [0.15, 0.2) is 5.78 Å². The molecule has 0 saturated heterocycles. The normalized spacial score (nSPS) is 15.2. The van der Waals surface area contributed by atoms with Crippen molar-refractivity contribution in [2.75, 3.05) is 6.61 Å². The van der Waals surface area contributed by atoms with Crippen LogP contribution in [0.1, 0.15) is 50.4 Å². The van der Waals surface area contributed by atoms with Gasteiger partial charge in [0.05, 0.1) is 19.1 Å². The molecule has 1 aromatic carbocycles. The SMILES string of the molecule is CCOC(=O)c1c(C)oc2c1[C@@H](C=NCc1cccnc1)C(=O)c1ccccc1-2. The fourth-order valence-electron chi connectivity index (χ4n) is 3.61. The first-order valence-corrected chi connectivity index (χ1v) is 9.44. The number of furan rings is 1. The van der Waals surface area contributed by atoms with Gasteiger partial charge >= 0.3 is 5.97 Å². The number of hydrogen-bond donors (Lipinski definition) is 0. The van der Waals surface area contributed by atoms with Crippen LogP contribution in [-0.4, -0.2) is 29.6 Å². The lowest BCUT2D eigenvalue weighted by Crippen LogP contribution is -2.22. The van der Waals surface area contributed by atoms with Crippen molar-refractivity contribution in [3.05, 3.63) is 76.8 Å². The zero-order chi connectivity index (χ0) is 20.4. The van der Waals surface area contributed by atoms with Crippen LogP contribution in [0.25, 0.3) is 11.3 Å². The number of pyridine rings is 1. The van der Waals surface area contributed by atoms with E-state index in [0.717, 1.165) is 5.56 Å². The number of carbonyl (C=O) groups is 2. The minimum Gasteiger partial charge on any atom is -0.462 e. The van der Waals surface area contributed by atoms with Gasteiger partial charge in [-0.05, 0) is 25.5 Å². The highest BCUT2D eigenvalue weighted by molar-refractivity contribution is 6.18. The summed E-state index contributed by atoms with van der Waals surface area (Å²) in [5, 5.41) is 0. The smallest absolute Gasteiger partial charge is 0.342 e. The summed E-state index contributed by atoms with van der Waals surface area (Å²) in [6, 6.07) is 11.0. The van der Waals surface area contributed by atoms with E-state index in [4.69, 9.17) is 9.15 Å². The third-order valence-corrected chi connectivity index (χ3v) is 4.88. The topological polar surface area (TPSA) is 81.8 Å². The molecule has 1 aliphatic carbocycles. The van der Waals surface area contributed by atoms with Crippen LogP contribution in [0.15, 0.2) is 58.2 Å². The fraction of sp³-hybridized carbons (Fsp3) is 0.217. The standard InChI is InChI=1S/C23H20N2O4/c1-3-28-23(27)19-14(2)29-22-17-9-5-4-8-16(17)21(26)18(20(19)22)13-25-12-15-7-6-10-24-11-15/h4-11,13,18H,3,12H2,1-2H3/t18-/m1/s1. The lowest BCUT2D eigenvalue weighted by Gasteiger charge is -2.21. The molecule has 0 N–H and O–H groups in total. The van der Waals surface area contributed by atoms with Crippen molar-refractivity contribution >= 4 is 18.0 Å². The van der Waals surface area contributed by atoms with E-state index in [9.17, 15) is 9.59 Å². The lowest BCUT2D eigenvalue weighted by molar-refractivity contribution is 0.0523. The van der Waals surface area contributed by atoms with Gasteiger partial charge in [0.1, 0.15) is 17.1 Å². The Bertz CT molecular complexity index is 1100. The zero-order valence-electron chi connectivity index (χ0n) is 16.2. The molecule has 0 bridgehead atoms. The van der Waals surface area contributed by atoms with Crippen LogP contribution < -0.4 is 0 Å². The van der Waals surface area contributed by atoms with E-state index in [-0.39, 0.29) is 12.4 Å². The second kappa shape index (κ2) is 7.83.